The van der Waals surface area contributed by atoms with E-state index in [1.165, 1.54) is 0 Å². The van der Waals surface area contributed by atoms with Gasteiger partial charge in [-0.2, -0.15) is 0 Å². The zero-order valence-electron chi connectivity index (χ0n) is 12.7. The predicted molar refractivity (Wildman–Crippen MR) is 99.0 cm³/mol. The number of urea groups is 1. The molecule has 3 rings (SSSR count). The molecule has 24 heavy (non-hydrogen) atoms. The van der Waals surface area contributed by atoms with E-state index in [0.717, 1.165) is 14.6 Å². The van der Waals surface area contributed by atoms with Gasteiger partial charge in [-0.15, -0.1) is 11.3 Å². The predicted octanol–water partition coefficient (Wildman–Crippen LogP) is 3.76. The van der Waals surface area contributed by atoms with E-state index in [9.17, 15) is 9.59 Å². The number of nitrogens with zero attached hydrogens (tertiary/aromatic N) is 1. The van der Waals surface area contributed by atoms with Crippen molar-refractivity contribution in [2.75, 3.05) is 16.9 Å². The van der Waals surface area contributed by atoms with Gasteiger partial charge in [-0.3, -0.25) is 4.79 Å². The highest BCUT2D eigenvalue weighted by molar-refractivity contribution is 8.00. The number of nitrogens with one attached hydrogen (secondary N) is 2. The van der Waals surface area contributed by atoms with Gasteiger partial charge in [0, 0.05) is 16.9 Å². The molecule has 0 spiro atoms. The molecule has 2 aromatic carbocycles. The van der Waals surface area contributed by atoms with Crippen molar-refractivity contribution >= 4 is 56.6 Å². The Balaban J connectivity index is 1.75. The summed E-state index contributed by atoms with van der Waals surface area (Å²) in [6, 6.07) is 11.5. The summed E-state index contributed by atoms with van der Waals surface area (Å²) in [6.45, 7) is 0. The lowest BCUT2D eigenvalue weighted by molar-refractivity contribution is 0.102. The van der Waals surface area contributed by atoms with Crippen LogP contribution in [0.3, 0.4) is 0 Å². The van der Waals surface area contributed by atoms with Crippen molar-refractivity contribution in [3.05, 3.63) is 48.0 Å². The molecule has 3 aromatic rings. The Kier molecular flexibility index (Phi) is 4.68. The molecular weight excluding hydrogens is 344 g/mol. The maximum atomic E-state index is 12.3. The molecule has 0 unspecified atom stereocenters. The Morgan fingerprint density at radius 2 is 1.79 bits per heavy atom. The van der Waals surface area contributed by atoms with Gasteiger partial charge in [0.1, 0.15) is 0 Å². The van der Waals surface area contributed by atoms with E-state index in [1.54, 1.807) is 47.4 Å². The Morgan fingerprint density at radius 3 is 2.46 bits per heavy atom. The van der Waals surface area contributed by atoms with Crippen LogP contribution in [0, 0.1) is 0 Å². The van der Waals surface area contributed by atoms with Crippen LogP contribution in [0.2, 0.25) is 0 Å². The van der Waals surface area contributed by atoms with Crippen molar-refractivity contribution in [1.29, 1.82) is 0 Å². The van der Waals surface area contributed by atoms with E-state index in [4.69, 9.17) is 5.73 Å². The number of carbonyl (C=O) groups excluding carboxylic acids is 2. The number of thioether (sulfide) groups is 1. The molecule has 0 atom stereocenters. The van der Waals surface area contributed by atoms with Gasteiger partial charge >= 0.3 is 6.03 Å². The Bertz CT molecular complexity index is 906. The van der Waals surface area contributed by atoms with Crippen molar-refractivity contribution in [3.8, 4) is 0 Å². The first-order chi connectivity index (χ1) is 11.5. The smallest absolute Gasteiger partial charge is 0.316 e. The van der Waals surface area contributed by atoms with Crippen LogP contribution < -0.4 is 16.4 Å². The molecular formula is C16H14N4O2S2. The lowest BCUT2D eigenvalue weighted by atomic mass is 10.2. The van der Waals surface area contributed by atoms with Gasteiger partial charge < -0.3 is 16.4 Å². The summed E-state index contributed by atoms with van der Waals surface area (Å²) in [4.78, 5) is 27.6. The number of anilines is 2. The molecule has 0 aliphatic carbocycles. The van der Waals surface area contributed by atoms with Gasteiger partial charge in [-0.1, -0.05) is 11.8 Å². The first kappa shape index (κ1) is 16.3. The molecule has 0 saturated carbocycles. The molecule has 8 heteroatoms. The van der Waals surface area contributed by atoms with Crippen molar-refractivity contribution in [2.45, 2.75) is 4.34 Å². The minimum atomic E-state index is -0.644. The van der Waals surface area contributed by atoms with Crippen LogP contribution in [0.15, 0.2) is 46.8 Å². The molecule has 122 valence electrons. The van der Waals surface area contributed by atoms with Gasteiger partial charge in [0.05, 0.1) is 10.2 Å². The number of primary amides is 1. The topological polar surface area (TPSA) is 97.1 Å². The zero-order valence-corrected chi connectivity index (χ0v) is 14.3. The first-order valence-corrected chi connectivity index (χ1v) is 9.02. The number of hydrogen-bond donors (Lipinski definition) is 3. The van der Waals surface area contributed by atoms with Gasteiger partial charge in [0.15, 0.2) is 4.34 Å². The van der Waals surface area contributed by atoms with Crippen LogP contribution in [0.1, 0.15) is 10.4 Å². The number of thiazole rings is 1. The second-order valence-electron chi connectivity index (χ2n) is 4.89. The van der Waals surface area contributed by atoms with Gasteiger partial charge in [0.25, 0.3) is 5.91 Å². The lowest BCUT2D eigenvalue weighted by Gasteiger charge is -2.06. The number of hydrogen-bond acceptors (Lipinski definition) is 5. The third kappa shape index (κ3) is 3.66. The highest BCUT2D eigenvalue weighted by atomic mass is 32.2. The van der Waals surface area contributed by atoms with Gasteiger partial charge in [0.2, 0.25) is 0 Å². The number of nitrogens with two attached hydrogens (primary N) is 1. The number of aromatic nitrogens is 1. The van der Waals surface area contributed by atoms with E-state index >= 15 is 0 Å². The fourth-order valence-electron chi connectivity index (χ4n) is 2.12. The molecule has 0 fully saturated rings. The quantitative estimate of drug-likeness (QED) is 0.619. The van der Waals surface area contributed by atoms with Crippen LogP contribution in [-0.4, -0.2) is 23.2 Å². The average Bonchev–Trinajstić information content (AvgIpc) is 2.97. The minimum absolute atomic E-state index is 0.227. The van der Waals surface area contributed by atoms with E-state index in [-0.39, 0.29) is 5.91 Å². The fourth-order valence-corrected chi connectivity index (χ4v) is 3.65. The van der Waals surface area contributed by atoms with Gasteiger partial charge in [-0.05, 0) is 48.7 Å². The van der Waals surface area contributed by atoms with Gasteiger partial charge in [-0.25, -0.2) is 9.78 Å². The lowest BCUT2D eigenvalue weighted by Crippen LogP contribution is -2.19. The summed E-state index contributed by atoms with van der Waals surface area (Å²) >= 11 is 3.19. The average molecular weight is 358 g/mol. The largest absolute Gasteiger partial charge is 0.351 e. The zero-order chi connectivity index (χ0) is 17.1. The van der Waals surface area contributed by atoms with Crippen LogP contribution in [-0.2, 0) is 0 Å². The minimum Gasteiger partial charge on any atom is -0.351 e. The Hall–Kier alpha value is -2.58. The molecule has 0 aliphatic heterocycles. The van der Waals surface area contributed by atoms with Crippen molar-refractivity contribution < 1.29 is 9.59 Å². The number of fused-ring (bicyclic) bond motifs is 1. The van der Waals surface area contributed by atoms with Crippen molar-refractivity contribution in [1.82, 2.24) is 4.98 Å². The highest BCUT2D eigenvalue weighted by Gasteiger charge is 2.09. The SMILES string of the molecule is CSc1nc2ccc(NC(=O)c3ccc(NC(N)=O)cc3)cc2s1. The van der Waals surface area contributed by atoms with Crippen molar-refractivity contribution in [2.24, 2.45) is 5.73 Å². The molecule has 0 bridgehead atoms. The van der Waals surface area contributed by atoms with E-state index in [2.05, 4.69) is 15.6 Å². The number of benzene rings is 2. The molecule has 1 aromatic heterocycles. The molecule has 0 radical (unpaired) electrons. The molecule has 6 nitrogen and oxygen atoms in total. The van der Waals surface area contributed by atoms with Crippen molar-refractivity contribution in [3.63, 3.8) is 0 Å². The second-order valence-corrected chi connectivity index (χ2v) is 6.97. The molecule has 1 heterocycles. The third-order valence-corrected chi connectivity index (χ3v) is 5.22. The first-order valence-electron chi connectivity index (χ1n) is 6.97. The normalized spacial score (nSPS) is 10.5. The van der Waals surface area contributed by atoms with E-state index < -0.39 is 6.03 Å². The third-order valence-electron chi connectivity index (χ3n) is 3.22. The number of amides is 3. The maximum Gasteiger partial charge on any atom is 0.316 e. The second kappa shape index (κ2) is 6.90. The summed E-state index contributed by atoms with van der Waals surface area (Å²) in [5.74, 6) is -0.227. The summed E-state index contributed by atoms with van der Waals surface area (Å²) in [6.07, 6.45) is 1.98. The molecule has 0 aliphatic rings. The van der Waals surface area contributed by atoms with E-state index in [1.807, 2.05) is 24.5 Å². The summed E-state index contributed by atoms with van der Waals surface area (Å²) in [5, 5.41) is 5.31. The molecule has 3 amide bonds. The van der Waals surface area contributed by atoms with Crippen LogP contribution in [0.25, 0.3) is 10.2 Å². The standard InChI is InChI=1S/C16H14N4O2S2/c1-23-16-20-12-7-6-11(8-13(12)24-16)18-14(21)9-2-4-10(5-3-9)19-15(17)22/h2-8H,1H3,(H,18,21)(H3,17,19,22). The Labute approximate surface area is 146 Å². The molecule has 4 N–H and O–H groups in total. The van der Waals surface area contributed by atoms with Crippen LogP contribution in [0.4, 0.5) is 16.2 Å². The molecule has 0 saturated heterocycles. The Morgan fingerprint density at radius 1 is 1.08 bits per heavy atom. The fraction of sp³-hybridized carbons (Fsp3) is 0.0625. The monoisotopic (exact) mass is 358 g/mol. The van der Waals surface area contributed by atoms with Crippen LogP contribution in [0.5, 0.6) is 0 Å². The highest BCUT2D eigenvalue weighted by Crippen LogP contribution is 2.30. The van der Waals surface area contributed by atoms with E-state index in [0.29, 0.717) is 16.9 Å². The van der Waals surface area contributed by atoms with Crippen LogP contribution >= 0.6 is 23.1 Å². The summed E-state index contributed by atoms with van der Waals surface area (Å²) in [7, 11) is 0. The summed E-state index contributed by atoms with van der Waals surface area (Å²) < 4.78 is 2.02. The maximum absolute atomic E-state index is 12.3. The summed E-state index contributed by atoms with van der Waals surface area (Å²) in [5.41, 5.74) is 7.70. The number of rotatable bonds is 4. The number of carbonyl (C=O) groups is 2.